The first-order valence-corrected chi connectivity index (χ1v) is 7.49. The van der Waals surface area contributed by atoms with E-state index in [0.717, 1.165) is 31.0 Å². The average molecular weight is 276 g/mol. The molecule has 1 aromatic heterocycles. The van der Waals surface area contributed by atoms with Crippen molar-refractivity contribution in [2.45, 2.75) is 26.8 Å². The van der Waals surface area contributed by atoms with Crippen molar-refractivity contribution >= 4 is 11.3 Å². The van der Waals surface area contributed by atoms with E-state index in [0.29, 0.717) is 6.61 Å². The highest BCUT2D eigenvalue weighted by molar-refractivity contribution is 7.09. The van der Waals surface area contributed by atoms with Crippen molar-refractivity contribution in [3.8, 4) is 5.75 Å². The van der Waals surface area contributed by atoms with Crippen molar-refractivity contribution in [1.82, 2.24) is 10.3 Å². The number of hydrogen-bond donors (Lipinski definition) is 1. The van der Waals surface area contributed by atoms with Crippen LogP contribution in [-0.2, 0) is 13.0 Å². The van der Waals surface area contributed by atoms with Crippen molar-refractivity contribution in [3.63, 3.8) is 0 Å². The molecule has 0 spiro atoms. The van der Waals surface area contributed by atoms with Crippen LogP contribution in [0.15, 0.2) is 29.8 Å². The maximum atomic E-state index is 5.49. The maximum absolute atomic E-state index is 5.49. The lowest BCUT2D eigenvalue weighted by atomic mass is 10.2. The smallest absolute Gasteiger partial charge is 0.119 e. The number of benzene rings is 1. The third-order valence-corrected chi connectivity index (χ3v) is 3.91. The van der Waals surface area contributed by atoms with Gasteiger partial charge in [-0.2, -0.15) is 0 Å². The van der Waals surface area contributed by atoms with E-state index < -0.39 is 0 Å². The summed E-state index contributed by atoms with van der Waals surface area (Å²) in [6, 6.07) is 8.24. The molecule has 0 bridgehead atoms. The van der Waals surface area contributed by atoms with Crippen molar-refractivity contribution in [2.75, 3.05) is 13.2 Å². The monoisotopic (exact) mass is 276 g/mol. The SMILES string of the molecule is CCOc1cccc(CNCCc2scnc2C)c1. The summed E-state index contributed by atoms with van der Waals surface area (Å²) in [5.41, 5.74) is 4.33. The number of nitrogens with zero attached hydrogens (tertiary/aromatic N) is 1. The minimum Gasteiger partial charge on any atom is -0.494 e. The van der Waals surface area contributed by atoms with Gasteiger partial charge < -0.3 is 10.1 Å². The highest BCUT2D eigenvalue weighted by Crippen LogP contribution is 2.14. The summed E-state index contributed by atoms with van der Waals surface area (Å²) in [6.07, 6.45) is 1.04. The summed E-state index contributed by atoms with van der Waals surface area (Å²) in [4.78, 5) is 5.63. The van der Waals surface area contributed by atoms with Crippen LogP contribution in [0.25, 0.3) is 0 Å². The molecule has 0 radical (unpaired) electrons. The molecule has 0 aliphatic carbocycles. The van der Waals surface area contributed by atoms with Gasteiger partial charge in [0.2, 0.25) is 0 Å². The average Bonchev–Trinajstić information content (AvgIpc) is 2.81. The number of thiazole rings is 1. The van der Waals surface area contributed by atoms with Crippen LogP contribution in [0.2, 0.25) is 0 Å². The summed E-state index contributed by atoms with van der Waals surface area (Å²) in [6.45, 7) is 6.63. The molecule has 102 valence electrons. The molecule has 0 atom stereocenters. The minimum absolute atomic E-state index is 0.710. The third kappa shape index (κ3) is 4.33. The van der Waals surface area contributed by atoms with Crippen LogP contribution in [0.1, 0.15) is 23.1 Å². The number of nitrogens with one attached hydrogen (secondary N) is 1. The fourth-order valence-corrected chi connectivity index (χ4v) is 2.69. The van der Waals surface area contributed by atoms with Crippen LogP contribution >= 0.6 is 11.3 Å². The van der Waals surface area contributed by atoms with E-state index in [4.69, 9.17) is 4.74 Å². The number of aromatic nitrogens is 1. The Morgan fingerprint density at radius 3 is 3.00 bits per heavy atom. The Bertz CT molecular complexity index is 510. The zero-order chi connectivity index (χ0) is 13.5. The minimum atomic E-state index is 0.710. The van der Waals surface area contributed by atoms with Gasteiger partial charge in [0.1, 0.15) is 5.75 Å². The van der Waals surface area contributed by atoms with Gasteiger partial charge in [-0.25, -0.2) is 4.98 Å². The summed E-state index contributed by atoms with van der Waals surface area (Å²) < 4.78 is 5.49. The molecule has 0 amide bonds. The highest BCUT2D eigenvalue weighted by atomic mass is 32.1. The lowest BCUT2D eigenvalue weighted by Gasteiger charge is -2.07. The predicted octanol–water partition coefficient (Wildman–Crippen LogP) is 3.18. The van der Waals surface area contributed by atoms with Crippen molar-refractivity contribution < 1.29 is 4.74 Å². The molecular weight excluding hydrogens is 256 g/mol. The Hall–Kier alpha value is -1.39. The van der Waals surface area contributed by atoms with Gasteiger partial charge in [-0.1, -0.05) is 12.1 Å². The van der Waals surface area contributed by atoms with Crippen LogP contribution in [0.4, 0.5) is 0 Å². The van der Waals surface area contributed by atoms with Gasteiger partial charge in [-0.3, -0.25) is 0 Å². The van der Waals surface area contributed by atoms with Gasteiger partial charge in [-0.15, -0.1) is 11.3 Å². The quantitative estimate of drug-likeness (QED) is 0.789. The van der Waals surface area contributed by atoms with Crippen LogP contribution < -0.4 is 10.1 Å². The zero-order valence-corrected chi connectivity index (χ0v) is 12.3. The van der Waals surface area contributed by atoms with Gasteiger partial charge in [0, 0.05) is 18.0 Å². The fraction of sp³-hybridized carbons (Fsp3) is 0.400. The van der Waals surface area contributed by atoms with E-state index in [1.165, 1.54) is 10.4 Å². The van der Waals surface area contributed by atoms with E-state index in [1.807, 2.05) is 24.6 Å². The number of rotatable bonds is 7. The lowest BCUT2D eigenvalue weighted by Crippen LogP contribution is -2.16. The molecule has 0 saturated heterocycles. The normalized spacial score (nSPS) is 10.6. The summed E-state index contributed by atoms with van der Waals surface area (Å²) in [5.74, 6) is 0.945. The molecule has 19 heavy (non-hydrogen) atoms. The molecule has 0 aliphatic heterocycles. The van der Waals surface area contributed by atoms with Crippen LogP contribution in [0.5, 0.6) is 5.75 Å². The topological polar surface area (TPSA) is 34.1 Å². The molecule has 0 fully saturated rings. The van der Waals surface area contributed by atoms with E-state index in [-0.39, 0.29) is 0 Å². The standard InChI is InChI=1S/C15H20N2OS/c1-3-18-14-6-4-5-13(9-14)10-16-8-7-15-12(2)17-11-19-15/h4-6,9,11,16H,3,7-8,10H2,1-2H3. The van der Waals surface area contributed by atoms with Crippen LogP contribution in [0.3, 0.4) is 0 Å². The van der Waals surface area contributed by atoms with Gasteiger partial charge in [-0.05, 0) is 38.0 Å². The zero-order valence-electron chi connectivity index (χ0n) is 11.5. The molecule has 2 aromatic rings. The first kappa shape index (κ1) is 14.0. The summed E-state index contributed by atoms with van der Waals surface area (Å²) in [5, 5.41) is 3.46. The molecule has 0 unspecified atom stereocenters. The summed E-state index contributed by atoms with van der Waals surface area (Å²) in [7, 11) is 0. The second-order valence-electron chi connectivity index (χ2n) is 4.37. The van der Waals surface area contributed by atoms with Crippen molar-refractivity contribution in [1.29, 1.82) is 0 Å². The molecule has 0 aliphatic rings. The van der Waals surface area contributed by atoms with Gasteiger partial charge in [0.25, 0.3) is 0 Å². The second kappa shape index (κ2) is 7.26. The first-order chi connectivity index (χ1) is 9.29. The molecule has 0 saturated carbocycles. The second-order valence-corrected chi connectivity index (χ2v) is 5.31. The van der Waals surface area contributed by atoms with E-state index in [1.54, 1.807) is 11.3 Å². The highest BCUT2D eigenvalue weighted by Gasteiger charge is 2.01. The number of hydrogen-bond acceptors (Lipinski definition) is 4. The lowest BCUT2D eigenvalue weighted by molar-refractivity contribution is 0.340. The Labute approximate surface area is 118 Å². The Morgan fingerprint density at radius 1 is 1.37 bits per heavy atom. The van der Waals surface area contributed by atoms with Crippen LogP contribution in [-0.4, -0.2) is 18.1 Å². The van der Waals surface area contributed by atoms with E-state index >= 15 is 0 Å². The molecule has 3 nitrogen and oxygen atoms in total. The van der Waals surface area contributed by atoms with Gasteiger partial charge >= 0.3 is 0 Å². The van der Waals surface area contributed by atoms with Gasteiger partial charge in [0.15, 0.2) is 0 Å². The third-order valence-electron chi connectivity index (χ3n) is 2.91. The molecule has 1 aromatic carbocycles. The van der Waals surface area contributed by atoms with E-state index in [2.05, 4.69) is 29.4 Å². The predicted molar refractivity (Wildman–Crippen MR) is 79.9 cm³/mol. The van der Waals surface area contributed by atoms with Crippen molar-refractivity contribution in [3.05, 3.63) is 45.9 Å². The Balaban J connectivity index is 1.76. The van der Waals surface area contributed by atoms with E-state index in [9.17, 15) is 0 Å². The van der Waals surface area contributed by atoms with Crippen LogP contribution in [0, 0.1) is 6.92 Å². The molecule has 1 heterocycles. The molecule has 4 heteroatoms. The molecule has 1 N–H and O–H groups in total. The van der Waals surface area contributed by atoms with Crippen molar-refractivity contribution in [2.24, 2.45) is 0 Å². The largest absolute Gasteiger partial charge is 0.494 e. The Kier molecular flexibility index (Phi) is 5.36. The Morgan fingerprint density at radius 2 is 2.26 bits per heavy atom. The fourth-order valence-electron chi connectivity index (χ4n) is 1.91. The number of ether oxygens (including phenoxy) is 1. The summed E-state index contributed by atoms with van der Waals surface area (Å²) >= 11 is 1.73. The number of aryl methyl sites for hydroxylation is 1. The first-order valence-electron chi connectivity index (χ1n) is 6.61. The van der Waals surface area contributed by atoms with Gasteiger partial charge in [0.05, 0.1) is 17.8 Å². The molecular formula is C15H20N2OS. The maximum Gasteiger partial charge on any atom is 0.119 e. The molecule has 2 rings (SSSR count).